The predicted molar refractivity (Wildman–Crippen MR) is 131 cm³/mol. The Kier molecular flexibility index (Phi) is 7.04. The van der Waals surface area contributed by atoms with Crippen molar-refractivity contribution in [3.05, 3.63) is 113 Å². The van der Waals surface area contributed by atoms with Gasteiger partial charge in [0.15, 0.2) is 0 Å². The Hall–Kier alpha value is -3.10. The maximum Gasteiger partial charge on any atom is 0.241 e. The van der Waals surface area contributed by atoms with Gasteiger partial charge in [0.05, 0.1) is 6.26 Å². The summed E-state index contributed by atoms with van der Waals surface area (Å²) in [5, 5.41) is 0. The number of benzene rings is 3. The average Bonchev–Trinajstić information content (AvgIpc) is 2.71. The third kappa shape index (κ3) is 7.44. The SMILES string of the molecule is C[Si](C)(C)O/C=C/c1cc(/C=C/c2ccccc2)cc(/C=C/c2ccccc2)c1. The van der Waals surface area contributed by atoms with Crippen LogP contribution in [-0.4, -0.2) is 8.32 Å². The predicted octanol–water partition coefficient (Wildman–Crippen LogP) is 7.85. The van der Waals surface area contributed by atoms with Crippen molar-refractivity contribution in [2.45, 2.75) is 19.6 Å². The van der Waals surface area contributed by atoms with Crippen molar-refractivity contribution in [3.63, 3.8) is 0 Å². The highest BCUT2D eigenvalue weighted by Gasteiger charge is 2.12. The lowest BCUT2D eigenvalue weighted by molar-refractivity contribution is 0.483. The molecule has 0 bridgehead atoms. The van der Waals surface area contributed by atoms with Crippen LogP contribution in [-0.2, 0) is 4.43 Å². The molecule has 3 aromatic rings. The van der Waals surface area contributed by atoms with Gasteiger partial charge < -0.3 is 4.43 Å². The lowest BCUT2D eigenvalue weighted by Gasteiger charge is -2.14. The highest BCUT2D eigenvalue weighted by atomic mass is 28.4. The molecule has 146 valence electrons. The zero-order chi connectivity index (χ0) is 20.5. The van der Waals surface area contributed by atoms with Gasteiger partial charge in [-0.3, -0.25) is 0 Å². The molecule has 0 amide bonds. The summed E-state index contributed by atoms with van der Waals surface area (Å²) < 4.78 is 5.89. The fraction of sp³-hybridized carbons (Fsp3) is 0.111. The van der Waals surface area contributed by atoms with E-state index in [0.29, 0.717) is 0 Å². The van der Waals surface area contributed by atoms with E-state index in [1.54, 1.807) is 0 Å². The molecule has 1 nitrogen and oxygen atoms in total. The van der Waals surface area contributed by atoms with Gasteiger partial charge in [-0.1, -0.05) is 85.0 Å². The van der Waals surface area contributed by atoms with E-state index >= 15 is 0 Å². The summed E-state index contributed by atoms with van der Waals surface area (Å²) in [7, 11) is -1.57. The Morgan fingerprint density at radius 3 is 1.31 bits per heavy atom. The van der Waals surface area contributed by atoms with Gasteiger partial charge in [-0.2, -0.15) is 0 Å². The topological polar surface area (TPSA) is 9.23 Å². The fourth-order valence-electron chi connectivity index (χ4n) is 2.82. The van der Waals surface area contributed by atoms with Crippen molar-refractivity contribution < 1.29 is 4.43 Å². The van der Waals surface area contributed by atoms with Crippen molar-refractivity contribution in [1.82, 2.24) is 0 Å². The monoisotopic (exact) mass is 396 g/mol. The molecular formula is C27H28OSi. The highest BCUT2D eigenvalue weighted by Crippen LogP contribution is 2.18. The summed E-state index contributed by atoms with van der Waals surface area (Å²) in [6.45, 7) is 6.55. The Morgan fingerprint density at radius 1 is 0.517 bits per heavy atom. The van der Waals surface area contributed by atoms with Crippen LogP contribution in [0.25, 0.3) is 30.4 Å². The van der Waals surface area contributed by atoms with Crippen LogP contribution in [0.5, 0.6) is 0 Å². The molecule has 0 aliphatic rings. The molecule has 0 unspecified atom stereocenters. The summed E-state index contributed by atoms with van der Waals surface area (Å²) in [4.78, 5) is 0. The molecular weight excluding hydrogens is 368 g/mol. The zero-order valence-corrected chi connectivity index (χ0v) is 18.4. The first-order valence-electron chi connectivity index (χ1n) is 9.94. The molecule has 0 radical (unpaired) electrons. The summed E-state index contributed by atoms with van der Waals surface area (Å²) in [5.74, 6) is 0. The average molecular weight is 397 g/mol. The zero-order valence-electron chi connectivity index (χ0n) is 17.4. The molecule has 3 aromatic carbocycles. The quantitative estimate of drug-likeness (QED) is 0.224. The summed E-state index contributed by atoms with van der Waals surface area (Å²) in [5.41, 5.74) is 5.84. The molecule has 0 fully saturated rings. The Balaban J connectivity index is 1.88. The third-order valence-electron chi connectivity index (χ3n) is 4.22. The lowest BCUT2D eigenvalue weighted by atomic mass is 10.0. The molecule has 0 heterocycles. The van der Waals surface area contributed by atoms with E-state index in [2.05, 4.69) is 117 Å². The second kappa shape index (κ2) is 9.90. The van der Waals surface area contributed by atoms with E-state index in [0.717, 1.165) is 16.7 Å². The van der Waals surface area contributed by atoms with Crippen molar-refractivity contribution in [2.24, 2.45) is 0 Å². The molecule has 0 atom stereocenters. The first kappa shape index (κ1) is 20.6. The van der Waals surface area contributed by atoms with E-state index in [-0.39, 0.29) is 0 Å². The van der Waals surface area contributed by atoms with E-state index in [1.807, 2.05) is 18.4 Å². The second-order valence-corrected chi connectivity index (χ2v) is 12.4. The Morgan fingerprint density at radius 2 is 0.897 bits per heavy atom. The van der Waals surface area contributed by atoms with E-state index in [9.17, 15) is 0 Å². The molecule has 0 N–H and O–H groups in total. The second-order valence-electron chi connectivity index (χ2n) is 7.95. The smallest absolute Gasteiger partial charge is 0.241 e. The highest BCUT2D eigenvalue weighted by molar-refractivity contribution is 6.69. The molecule has 0 aromatic heterocycles. The van der Waals surface area contributed by atoms with Crippen LogP contribution in [0.2, 0.25) is 19.6 Å². The first-order chi connectivity index (χ1) is 14.0. The van der Waals surface area contributed by atoms with Gasteiger partial charge in [0.1, 0.15) is 0 Å². The number of hydrogen-bond acceptors (Lipinski definition) is 1. The minimum Gasteiger partial charge on any atom is -0.550 e. The molecule has 0 aliphatic heterocycles. The van der Waals surface area contributed by atoms with Crippen molar-refractivity contribution in [2.75, 3.05) is 0 Å². The van der Waals surface area contributed by atoms with Gasteiger partial charge in [0, 0.05) is 0 Å². The Bertz CT molecular complexity index is 926. The standard InChI is InChI=1S/C27H28OSi/c1-29(2,3)28-19-18-27-21-25(16-14-23-10-6-4-7-11-23)20-26(22-27)17-15-24-12-8-5-9-13-24/h4-22H,1-3H3/b16-14+,17-15+,19-18+. The van der Waals surface area contributed by atoms with E-state index < -0.39 is 8.32 Å². The summed E-state index contributed by atoms with van der Waals surface area (Å²) in [6.07, 6.45) is 12.5. The molecule has 0 saturated heterocycles. The normalized spacial score (nSPS) is 12.2. The minimum atomic E-state index is -1.57. The lowest BCUT2D eigenvalue weighted by Crippen LogP contribution is -2.21. The molecule has 0 saturated carbocycles. The minimum absolute atomic E-state index is 1.13. The van der Waals surface area contributed by atoms with E-state index in [4.69, 9.17) is 4.43 Å². The van der Waals surface area contributed by atoms with Gasteiger partial charge in [-0.25, -0.2) is 0 Å². The van der Waals surface area contributed by atoms with Gasteiger partial charge in [0.25, 0.3) is 0 Å². The van der Waals surface area contributed by atoms with Crippen LogP contribution in [0.1, 0.15) is 27.8 Å². The fourth-order valence-corrected chi connectivity index (χ4v) is 3.30. The van der Waals surface area contributed by atoms with Gasteiger partial charge in [-0.15, -0.1) is 0 Å². The molecule has 0 aliphatic carbocycles. The summed E-state index contributed by atoms with van der Waals surface area (Å²) in [6, 6.07) is 27.3. The molecule has 0 spiro atoms. The largest absolute Gasteiger partial charge is 0.550 e. The Labute approximate surface area is 175 Å². The van der Waals surface area contributed by atoms with Gasteiger partial charge >= 0.3 is 0 Å². The van der Waals surface area contributed by atoms with Crippen LogP contribution < -0.4 is 0 Å². The maximum absolute atomic E-state index is 5.89. The van der Waals surface area contributed by atoms with Crippen molar-refractivity contribution in [3.8, 4) is 0 Å². The third-order valence-corrected chi connectivity index (χ3v) is 5.06. The van der Waals surface area contributed by atoms with Gasteiger partial charge in [-0.05, 0) is 71.7 Å². The number of hydrogen-bond donors (Lipinski definition) is 0. The van der Waals surface area contributed by atoms with E-state index in [1.165, 1.54) is 11.1 Å². The van der Waals surface area contributed by atoms with Crippen LogP contribution in [0, 0.1) is 0 Å². The van der Waals surface area contributed by atoms with Crippen LogP contribution in [0.3, 0.4) is 0 Å². The molecule has 29 heavy (non-hydrogen) atoms. The van der Waals surface area contributed by atoms with Gasteiger partial charge in [0.2, 0.25) is 8.32 Å². The summed E-state index contributed by atoms with van der Waals surface area (Å²) >= 11 is 0. The van der Waals surface area contributed by atoms with Crippen molar-refractivity contribution in [1.29, 1.82) is 0 Å². The van der Waals surface area contributed by atoms with Crippen molar-refractivity contribution >= 4 is 38.7 Å². The van der Waals surface area contributed by atoms with Crippen LogP contribution in [0.4, 0.5) is 0 Å². The molecule has 2 heteroatoms. The maximum atomic E-state index is 5.89. The van der Waals surface area contributed by atoms with Crippen LogP contribution >= 0.6 is 0 Å². The number of rotatable bonds is 7. The first-order valence-corrected chi connectivity index (χ1v) is 13.3. The van der Waals surface area contributed by atoms with Crippen LogP contribution in [0.15, 0.2) is 85.1 Å². The molecule has 3 rings (SSSR count).